The third-order valence-electron chi connectivity index (χ3n) is 3.58. The summed E-state index contributed by atoms with van der Waals surface area (Å²) < 4.78 is 0. The van der Waals surface area contributed by atoms with E-state index >= 15 is 0 Å². The summed E-state index contributed by atoms with van der Waals surface area (Å²) in [5.74, 6) is 0. The topological polar surface area (TPSA) is 0 Å². The van der Waals surface area contributed by atoms with Gasteiger partial charge in [-0.3, -0.25) is 0 Å². The minimum atomic E-state index is 0.779. The molecule has 1 aliphatic carbocycles. The highest BCUT2D eigenvalue weighted by molar-refractivity contribution is 6.30. The first-order valence-corrected chi connectivity index (χ1v) is 6.70. The molecule has 0 atom stereocenters. The summed E-state index contributed by atoms with van der Waals surface area (Å²) in [6.45, 7) is 0. The Morgan fingerprint density at radius 1 is 0.737 bits per heavy atom. The van der Waals surface area contributed by atoms with Gasteiger partial charge >= 0.3 is 0 Å². The smallest absolute Gasteiger partial charge is 0.0406 e. The summed E-state index contributed by atoms with van der Waals surface area (Å²) in [4.78, 5) is 0. The molecular formula is C18H11Cl. The van der Waals surface area contributed by atoms with Gasteiger partial charge in [-0.2, -0.15) is 0 Å². The van der Waals surface area contributed by atoms with Crippen LogP contribution in [0.4, 0.5) is 0 Å². The van der Waals surface area contributed by atoms with Crippen molar-refractivity contribution in [2.75, 3.05) is 0 Å². The van der Waals surface area contributed by atoms with E-state index in [9.17, 15) is 0 Å². The van der Waals surface area contributed by atoms with E-state index in [0.717, 1.165) is 5.02 Å². The van der Waals surface area contributed by atoms with Crippen LogP contribution in [0.1, 0.15) is 16.7 Å². The standard InChI is InChI=1S/C18H11Cl/c19-15-7-5-12(6-8-15)9-16-17-10-13-3-1-2-4-14(13)11-18(16)17/h1-11H. The third-order valence-corrected chi connectivity index (χ3v) is 3.84. The number of rotatable bonds is 1. The van der Waals surface area contributed by atoms with E-state index < -0.39 is 0 Å². The molecule has 3 aromatic rings. The molecule has 3 aromatic carbocycles. The van der Waals surface area contributed by atoms with E-state index in [1.807, 2.05) is 24.3 Å². The Kier molecular flexibility index (Phi) is 2.27. The van der Waals surface area contributed by atoms with Crippen LogP contribution in [0.5, 0.6) is 0 Å². The number of hydrogen-bond donors (Lipinski definition) is 0. The summed E-state index contributed by atoms with van der Waals surface area (Å²) in [5, 5.41) is 3.39. The van der Waals surface area contributed by atoms with Crippen LogP contribution < -0.4 is 0 Å². The zero-order valence-electron chi connectivity index (χ0n) is 10.2. The summed E-state index contributed by atoms with van der Waals surface area (Å²) in [5.41, 5.74) is 5.28. The third kappa shape index (κ3) is 1.85. The quantitative estimate of drug-likeness (QED) is 0.431. The molecule has 0 amide bonds. The average molecular weight is 263 g/mol. The molecule has 90 valence electrons. The highest BCUT2D eigenvalue weighted by atomic mass is 35.5. The Morgan fingerprint density at radius 3 is 1.89 bits per heavy atom. The van der Waals surface area contributed by atoms with Crippen molar-refractivity contribution in [1.82, 2.24) is 0 Å². The van der Waals surface area contributed by atoms with Gasteiger partial charge in [0.15, 0.2) is 0 Å². The SMILES string of the molecule is Clc1ccc(C=C2c3cc4ccccc4cc32)cc1. The molecule has 1 heteroatoms. The maximum atomic E-state index is 5.90. The predicted octanol–water partition coefficient (Wildman–Crippen LogP) is 5.40. The van der Waals surface area contributed by atoms with Gasteiger partial charge in [-0.1, -0.05) is 48.0 Å². The number of benzene rings is 3. The van der Waals surface area contributed by atoms with Gasteiger partial charge in [0, 0.05) is 5.02 Å². The van der Waals surface area contributed by atoms with Crippen LogP contribution in [-0.4, -0.2) is 0 Å². The first-order chi connectivity index (χ1) is 9.31. The molecular weight excluding hydrogens is 252 g/mol. The Bertz CT molecular complexity index is 766. The first kappa shape index (κ1) is 10.8. The molecule has 0 nitrogen and oxygen atoms in total. The van der Waals surface area contributed by atoms with Crippen molar-refractivity contribution in [3.8, 4) is 0 Å². The molecule has 0 saturated carbocycles. The lowest BCUT2D eigenvalue weighted by molar-refractivity contribution is 1.66. The lowest BCUT2D eigenvalue weighted by Crippen LogP contribution is -1.69. The zero-order valence-corrected chi connectivity index (χ0v) is 11.0. The summed E-state index contributed by atoms with van der Waals surface area (Å²) >= 11 is 5.90. The summed E-state index contributed by atoms with van der Waals surface area (Å²) in [7, 11) is 0. The van der Waals surface area contributed by atoms with Crippen LogP contribution in [0, 0.1) is 0 Å². The van der Waals surface area contributed by atoms with Gasteiger partial charge in [0.25, 0.3) is 0 Å². The van der Waals surface area contributed by atoms with Crippen molar-refractivity contribution in [2.24, 2.45) is 0 Å². The molecule has 0 aliphatic heterocycles. The molecule has 0 bridgehead atoms. The van der Waals surface area contributed by atoms with Gasteiger partial charge in [-0.25, -0.2) is 0 Å². The molecule has 0 radical (unpaired) electrons. The molecule has 0 fully saturated rings. The van der Waals surface area contributed by atoms with E-state index in [4.69, 9.17) is 11.6 Å². The molecule has 0 heterocycles. The van der Waals surface area contributed by atoms with Gasteiger partial charge in [0.05, 0.1) is 0 Å². The maximum absolute atomic E-state index is 5.90. The molecule has 4 rings (SSSR count). The number of halogens is 1. The molecule has 0 aromatic heterocycles. The lowest BCUT2D eigenvalue weighted by Gasteiger charge is -1.91. The molecule has 0 spiro atoms. The second kappa shape index (κ2) is 3.97. The van der Waals surface area contributed by atoms with E-state index in [-0.39, 0.29) is 0 Å². The largest absolute Gasteiger partial charge is 0.0843 e. The minimum Gasteiger partial charge on any atom is -0.0843 e. The van der Waals surface area contributed by atoms with Gasteiger partial charge in [0.1, 0.15) is 0 Å². The van der Waals surface area contributed by atoms with Crippen molar-refractivity contribution >= 4 is 34.0 Å². The van der Waals surface area contributed by atoms with Crippen molar-refractivity contribution in [3.63, 3.8) is 0 Å². The fourth-order valence-corrected chi connectivity index (χ4v) is 2.64. The van der Waals surface area contributed by atoms with Gasteiger partial charge in [-0.05, 0) is 63.4 Å². The number of hydrogen-bond acceptors (Lipinski definition) is 0. The lowest BCUT2D eigenvalue weighted by atomic mass is 10.1. The van der Waals surface area contributed by atoms with Gasteiger partial charge in [0.2, 0.25) is 0 Å². The van der Waals surface area contributed by atoms with Crippen molar-refractivity contribution in [3.05, 3.63) is 82.4 Å². The van der Waals surface area contributed by atoms with Crippen molar-refractivity contribution in [2.45, 2.75) is 0 Å². The van der Waals surface area contributed by atoms with Crippen LogP contribution in [-0.2, 0) is 0 Å². The van der Waals surface area contributed by atoms with Crippen LogP contribution in [0.15, 0.2) is 60.7 Å². The van der Waals surface area contributed by atoms with Crippen LogP contribution in [0.2, 0.25) is 5.02 Å². The maximum Gasteiger partial charge on any atom is 0.0406 e. The van der Waals surface area contributed by atoms with E-state index in [1.165, 1.54) is 33.0 Å². The monoisotopic (exact) mass is 262 g/mol. The summed E-state index contributed by atoms with van der Waals surface area (Å²) in [6.07, 6.45) is 2.22. The highest BCUT2D eigenvalue weighted by Crippen LogP contribution is 2.45. The van der Waals surface area contributed by atoms with Crippen LogP contribution in [0.25, 0.3) is 22.4 Å². The van der Waals surface area contributed by atoms with E-state index in [1.54, 1.807) is 0 Å². The molecule has 0 saturated heterocycles. The Morgan fingerprint density at radius 2 is 1.32 bits per heavy atom. The Hall–Kier alpha value is -2.05. The fourth-order valence-electron chi connectivity index (χ4n) is 2.51. The highest BCUT2D eigenvalue weighted by Gasteiger charge is 2.24. The molecule has 19 heavy (non-hydrogen) atoms. The first-order valence-electron chi connectivity index (χ1n) is 6.32. The second-order valence-corrected chi connectivity index (χ2v) is 5.29. The predicted molar refractivity (Wildman–Crippen MR) is 82.4 cm³/mol. The Labute approximate surface area is 117 Å². The second-order valence-electron chi connectivity index (χ2n) is 4.85. The number of fused-ring (bicyclic) bond motifs is 2. The Balaban J connectivity index is 1.78. The summed E-state index contributed by atoms with van der Waals surface area (Å²) in [6, 6.07) is 21.0. The molecule has 0 unspecified atom stereocenters. The van der Waals surface area contributed by atoms with Crippen LogP contribution >= 0.6 is 11.6 Å². The van der Waals surface area contributed by atoms with Gasteiger partial charge in [-0.15, -0.1) is 0 Å². The van der Waals surface area contributed by atoms with Crippen LogP contribution in [0.3, 0.4) is 0 Å². The van der Waals surface area contributed by atoms with E-state index in [0.29, 0.717) is 0 Å². The normalized spacial score (nSPS) is 12.4. The minimum absolute atomic E-state index is 0.779. The van der Waals surface area contributed by atoms with Gasteiger partial charge < -0.3 is 0 Å². The molecule has 0 N–H and O–H groups in total. The average Bonchev–Trinajstić information content (AvgIpc) is 3.11. The fraction of sp³-hybridized carbons (Fsp3) is 0. The van der Waals surface area contributed by atoms with Crippen molar-refractivity contribution < 1.29 is 0 Å². The van der Waals surface area contributed by atoms with Crippen molar-refractivity contribution in [1.29, 1.82) is 0 Å². The molecule has 1 aliphatic rings. The zero-order chi connectivity index (χ0) is 12.8. The van der Waals surface area contributed by atoms with E-state index in [2.05, 4.69) is 42.5 Å².